The molecule has 2 unspecified atom stereocenters. The van der Waals surface area contributed by atoms with Crippen LogP contribution >= 0.6 is 0 Å². The first kappa shape index (κ1) is 16.8. The molecule has 0 aromatic rings. The van der Waals surface area contributed by atoms with Gasteiger partial charge in [-0.1, -0.05) is 20.8 Å². The first-order valence-corrected chi connectivity index (χ1v) is 7.12. The van der Waals surface area contributed by atoms with Crippen LogP contribution in [0.4, 0.5) is 4.79 Å². The predicted molar refractivity (Wildman–Crippen MR) is 75.4 cm³/mol. The molecule has 1 rings (SSSR count). The van der Waals surface area contributed by atoms with Gasteiger partial charge in [0.15, 0.2) is 0 Å². The van der Waals surface area contributed by atoms with Gasteiger partial charge in [0, 0.05) is 25.7 Å². The van der Waals surface area contributed by atoms with E-state index in [1.54, 1.807) is 4.90 Å². The fraction of sp³-hybridized carbons (Fsp3) is 0.857. The van der Waals surface area contributed by atoms with Crippen molar-refractivity contribution in [3.05, 3.63) is 0 Å². The number of aliphatic hydroxyl groups is 1. The third kappa shape index (κ3) is 5.00. The highest BCUT2D eigenvalue weighted by atomic mass is 16.4. The lowest BCUT2D eigenvalue weighted by Crippen LogP contribution is -2.49. The summed E-state index contributed by atoms with van der Waals surface area (Å²) in [5, 5.41) is 20.7. The van der Waals surface area contributed by atoms with Crippen LogP contribution in [-0.4, -0.2) is 52.9 Å². The third-order valence-electron chi connectivity index (χ3n) is 3.83. The quantitative estimate of drug-likeness (QED) is 0.710. The standard InChI is InChI=1S/C14H26N2O4/c1-14(2,3)11(8-12(18)19)15-13(20)16-6-4-10(9-16)5-7-17/h10-11,17H,4-9H2,1-3H3,(H,15,20)(H,18,19). The van der Waals surface area contributed by atoms with Gasteiger partial charge < -0.3 is 20.4 Å². The molecule has 2 atom stereocenters. The number of carboxylic acid groups (broad SMARTS) is 1. The highest BCUT2D eigenvalue weighted by Crippen LogP contribution is 2.24. The largest absolute Gasteiger partial charge is 0.481 e. The van der Waals surface area contributed by atoms with Crippen LogP contribution in [-0.2, 0) is 4.79 Å². The van der Waals surface area contributed by atoms with Crippen molar-refractivity contribution in [2.45, 2.75) is 46.1 Å². The van der Waals surface area contributed by atoms with Crippen molar-refractivity contribution in [1.29, 1.82) is 0 Å². The fourth-order valence-corrected chi connectivity index (χ4v) is 2.42. The molecule has 6 heteroatoms. The smallest absolute Gasteiger partial charge is 0.317 e. The zero-order valence-electron chi connectivity index (χ0n) is 12.6. The van der Waals surface area contributed by atoms with E-state index >= 15 is 0 Å². The first-order chi connectivity index (χ1) is 9.24. The molecule has 0 saturated carbocycles. The van der Waals surface area contributed by atoms with Crippen molar-refractivity contribution in [1.82, 2.24) is 10.2 Å². The molecular formula is C14H26N2O4. The Morgan fingerprint density at radius 1 is 1.40 bits per heavy atom. The summed E-state index contributed by atoms with van der Waals surface area (Å²) in [7, 11) is 0. The molecule has 3 N–H and O–H groups in total. The summed E-state index contributed by atoms with van der Waals surface area (Å²) in [6, 6.07) is -0.601. The molecule has 1 aliphatic heterocycles. The molecule has 0 bridgehead atoms. The molecule has 1 aliphatic rings. The number of rotatable bonds is 5. The van der Waals surface area contributed by atoms with Crippen LogP contribution in [0.2, 0.25) is 0 Å². The number of hydrogen-bond acceptors (Lipinski definition) is 3. The normalized spacial score (nSPS) is 20.8. The van der Waals surface area contributed by atoms with Gasteiger partial charge in [-0.15, -0.1) is 0 Å². The second kappa shape index (κ2) is 6.92. The number of likely N-dealkylation sites (tertiary alicyclic amines) is 1. The van der Waals surface area contributed by atoms with Gasteiger partial charge in [-0.25, -0.2) is 4.79 Å². The molecule has 116 valence electrons. The predicted octanol–water partition coefficient (Wildman–Crippen LogP) is 1.29. The lowest BCUT2D eigenvalue weighted by molar-refractivity contribution is -0.138. The molecule has 0 aliphatic carbocycles. The van der Waals surface area contributed by atoms with Crippen molar-refractivity contribution in [2.75, 3.05) is 19.7 Å². The summed E-state index contributed by atoms with van der Waals surface area (Å²) in [6.45, 7) is 7.19. The topological polar surface area (TPSA) is 89.9 Å². The summed E-state index contributed by atoms with van der Waals surface area (Å²) >= 11 is 0. The Balaban J connectivity index is 2.56. The van der Waals surface area contributed by atoms with Crippen molar-refractivity contribution < 1.29 is 19.8 Å². The number of nitrogens with zero attached hydrogens (tertiary/aromatic N) is 1. The van der Waals surface area contributed by atoms with Crippen LogP contribution in [0.3, 0.4) is 0 Å². The van der Waals surface area contributed by atoms with E-state index in [1.165, 1.54) is 0 Å². The van der Waals surface area contributed by atoms with Crippen LogP contribution in [0.1, 0.15) is 40.0 Å². The maximum absolute atomic E-state index is 12.2. The average molecular weight is 286 g/mol. The monoisotopic (exact) mass is 286 g/mol. The van der Waals surface area contributed by atoms with Crippen molar-refractivity contribution in [2.24, 2.45) is 11.3 Å². The number of nitrogens with one attached hydrogen (secondary N) is 1. The highest BCUT2D eigenvalue weighted by Gasteiger charge is 2.32. The van der Waals surface area contributed by atoms with Crippen LogP contribution in [0.5, 0.6) is 0 Å². The third-order valence-corrected chi connectivity index (χ3v) is 3.83. The van der Waals surface area contributed by atoms with E-state index in [2.05, 4.69) is 5.32 Å². The molecule has 1 fully saturated rings. The van der Waals surface area contributed by atoms with Gasteiger partial charge in [0.1, 0.15) is 0 Å². The Hall–Kier alpha value is -1.30. The summed E-state index contributed by atoms with van der Waals surface area (Å²) < 4.78 is 0. The molecule has 2 amide bonds. The zero-order valence-corrected chi connectivity index (χ0v) is 12.6. The second-order valence-electron chi connectivity index (χ2n) is 6.58. The van der Waals surface area contributed by atoms with Crippen molar-refractivity contribution in [3.63, 3.8) is 0 Å². The summed E-state index contributed by atoms with van der Waals surface area (Å²) in [5.74, 6) is -0.567. The number of aliphatic hydroxyl groups excluding tert-OH is 1. The number of hydrogen-bond donors (Lipinski definition) is 3. The van der Waals surface area contributed by atoms with Gasteiger partial charge in [0.2, 0.25) is 0 Å². The average Bonchev–Trinajstić information content (AvgIpc) is 2.75. The summed E-state index contributed by atoms with van der Waals surface area (Å²) in [4.78, 5) is 24.8. The lowest BCUT2D eigenvalue weighted by Gasteiger charge is -2.32. The molecule has 0 aromatic heterocycles. The molecule has 0 radical (unpaired) electrons. The molecule has 1 heterocycles. The van der Waals surface area contributed by atoms with Gasteiger partial charge >= 0.3 is 12.0 Å². The molecular weight excluding hydrogens is 260 g/mol. The second-order valence-corrected chi connectivity index (χ2v) is 6.58. The van der Waals surface area contributed by atoms with E-state index in [0.717, 1.165) is 6.42 Å². The van der Waals surface area contributed by atoms with E-state index in [-0.39, 0.29) is 24.5 Å². The maximum atomic E-state index is 12.2. The van der Waals surface area contributed by atoms with Crippen LogP contribution in [0, 0.1) is 11.3 Å². The van der Waals surface area contributed by atoms with Crippen molar-refractivity contribution in [3.8, 4) is 0 Å². The van der Waals surface area contributed by atoms with Gasteiger partial charge in [-0.3, -0.25) is 4.79 Å². The maximum Gasteiger partial charge on any atom is 0.317 e. The van der Waals surface area contributed by atoms with Gasteiger partial charge in [-0.2, -0.15) is 0 Å². The first-order valence-electron chi connectivity index (χ1n) is 7.12. The van der Waals surface area contributed by atoms with Crippen LogP contribution in [0.25, 0.3) is 0 Å². The van der Waals surface area contributed by atoms with Crippen LogP contribution < -0.4 is 5.32 Å². The van der Waals surface area contributed by atoms with Crippen molar-refractivity contribution >= 4 is 12.0 Å². The minimum absolute atomic E-state index is 0.0802. The molecule has 1 saturated heterocycles. The van der Waals surface area contributed by atoms with E-state index in [0.29, 0.717) is 25.4 Å². The summed E-state index contributed by atoms with van der Waals surface area (Å²) in [5.41, 5.74) is -0.307. The van der Waals surface area contributed by atoms with E-state index in [4.69, 9.17) is 10.2 Å². The minimum Gasteiger partial charge on any atom is -0.481 e. The van der Waals surface area contributed by atoms with Gasteiger partial charge in [0.25, 0.3) is 0 Å². The number of urea groups is 1. The van der Waals surface area contributed by atoms with Gasteiger partial charge in [-0.05, 0) is 24.2 Å². The number of amides is 2. The molecule has 6 nitrogen and oxygen atoms in total. The zero-order chi connectivity index (χ0) is 15.3. The SMILES string of the molecule is CC(C)(C)C(CC(=O)O)NC(=O)N1CCC(CCO)C1. The van der Waals surface area contributed by atoms with E-state index in [1.807, 2.05) is 20.8 Å². The minimum atomic E-state index is -0.912. The Morgan fingerprint density at radius 2 is 2.05 bits per heavy atom. The fourth-order valence-electron chi connectivity index (χ4n) is 2.42. The Labute approximate surface area is 120 Å². The van der Waals surface area contributed by atoms with E-state index < -0.39 is 12.0 Å². The highest BCUT2D eigenvalue weighted by molar-refractivity contribution is 5.76. The number of carboxylic acids is 1. The Morgan fingerprint density at radius 3 is 2.55 bits per heavy atom. The number of aliphatic carboxylic acids is 1. The molecule has 0 aromatic carbocycles. The number of carbonyl (C=O) groups excluding carboxylic acids is 1. The van der Waals surface area contributed by atoms with Crippen LogP contribution in [0.15, 0.2) is 0 Å². The summed E-state index contributed by atoms with van der Waals surface area (Å²) in [6.07, 6.45) is 1.53. The van der Waals surface area contributed by atoms with E-state index in [9.17, 15) is 9.59 Å². The Kier molecular flexibility index (Phi) is 5.80. The Bertz CT molecular complexity index is 352. The number of carbonyl (C=O) groups is 2. The molecule has 20 heavy (non-hydrogen) atoms. The lowest BCUT2D eigenvalue weighted by atomic mass is 9.85. The molecule has 0 spiro atoms. The van der Waals surface area contributed by atoms with Gasteiger partial charge in [0.05, 0.1) is 6.42 Å².